The summed E-state index contributed by atoms with van der Waals surface area (Å²) in [5.41, 5.74) is 2.21. The van der Waals surface area contributed by atoms with E-state index in [1.807, 2.05) is 12.1 Å². The largest absolute Gasteiger partial charge is 0.497 e. The summed E-state index contributed by atoms with van der Waals surface area (Å²) in [5.74, 6) is 2.72. The predicted octanol–water partition coefficient (Wildman–Crippen LogP) is 3.12. The number of ether oxygens (including phenoxy) is 1. The number of imidazole rings is 1. The van der Waals surface area contributed by atoms with Crippen LogP contribution in [0.4, 0.5) is 0 Å². The molecule has 0 atom stereocenters. The van der Waals surface area contributed by atoms with E-state index in [1.54, 1.807) is 7.11 Å². The molecule has 0 unspecified atom stereocenters. The minimum atomic E-state index is 0.564. The number of nitrogens with one attached hydrogen (secondary N) is 1. The fraction of sp³-hybridized carbons (Fsp3) is 0.571. The van der Waals surface area contributed by atoms with Gasteiger partial charge in [-0.15, -0.1) is 0 Å². The molecule has 0 radical (unpaired) electrons. The third-order valence-electron chi connectivity index (χ3n) is 5.73. The van der Waals surface area contributed by atoms with Crippen LogP contribution in [-0.4, -0.2) is 54.3 Å². The average Bonchev–Trinajstić information content (AvgIpc) is 3.37. The molecule has 2 aliphatic rings. The molecule has 3 heterocycles. The normalized spacial score (nSPS) is 19.1. The molecule has 1 aromatic carbocycles. The van der Waals surface area contributed by atoms with Crippen molar-refractivity contribution in [3.8, 4) is 17.0 Å². The van der Waals surface area contributed by atoms with Gasteiger partial charge in [0.05, 0.1) is 12.8 Å². The predicted molar refractivity (Wildman–Crippen MR) is 105 cm³/mol. The quantitative estimate of drug-likeness (QED) is 0.865. The Balaban J connectivity index is 1.59. The van der Waals surface area contributed by atoms with Crippen molar-refractivity contribution in [2.24, 2.45) is 0 Å². The maximum Gasteiger partial charge on any atom is 0.119 e. The van der Waals surface area contributed by atoms with E-state index < -0.39 is 0 Å². The standard InChI is InChI=1S/C21H30N4O/c1-26-19-6-4-5-18(15-19)20-16-25(14-13-24-11-2-3-12-24)21(23-20)17-7-9-22-10-8-17/h4-6,15-17,22H,2-3,7-14H2,1H3. The van der Waals surface area contributed by atoms with Crippen LogP contribution >= 0.6 is 0 Å². The fourth-order valence-corrected chi connectivity index (χ4v) is 4.19. The number of hydrogen-bond acceptors (Lipinski definition) is 4. The second-order valence-electron chi connectivity index (χ2n) is 7.48. The van der Waals surface area contributed by atoms with Gasteiger partial charge >= 0.3 is 0 Å². The van der Waals surface area contributed by atoms with Crippen LogP contribution in [0, 0.1) is 0 Å². The molecule has 2 saturated heterocycles. The minimum absolute atomic E-state index is 0.564. The Kier molecular flexibility index (Phi) is 5.56. The number of likely N-dealkylation sites (tertiary alicyclic amines) is 1. The lowest BCUT2D eigenvalue weighted by atomic mass is 9.97. The molecule has 1 N–H and O–H groups in total. The maximum atomic E-state index is 5.40. The lowest BCUT2D eigenvalue weighted by Gasteiger charge is -2.24. The van der Waals surface area contributed by atoms with Gasteiger partial charge in [0, 0.05) is 30.8 Å². The molecule has 0 aliphatic carbocycles. The van der Waals surface area contributed by atoms with Gasteiger partial charge in [0.1, 0.15) is 11.6 Å². The van der Waals surface area contributed by atoms with Crippen molar-refractivity contribution < 1.29 is 4.74 Å². The molecular weight excluding hydrogens is 324 g/mol. The third kappa shape index (κ3) is 3.94. The number of methoxy groups -OCH3 is 1. The van der Waals surface area contributed by atoms with E-state index in [4.69, 9.17) is 9.72 Å². The zero-order chi connectivity index (χ0) is 17.8. The molecule has 2 aromatic rings. The second-order valence-corrected chi connectivity index (χ2v) is 7.48. The summed E-state index contributed by atoms with van der Waals surface area (Å²) in [6, 6.07) is 8.24. The number of nitrogens with zero attached hydrogens (tertiary/aromatic N) is 3. The summed E-state index contributed by atoms with van der Waals surface area (Å²) in [4.78, 5) is 7.67. The monoisotopic (exact) mass is 354 g/mol. The molecular formula is C21H30N4O. The first kappa shape index (κ1) is 17.6. The van der Waals surface area contributed by atoms with E-state index >= 15 is 0 Å². The van der Waals surface area contributed by atoms with Gasteiger partial charge in [0.2, 0.25) is 0 Å². The third-order valence-corrected chi connectivity index (χ3v) is 5.73. The Bertz CT molecular complexity index is 715. The van der Waals surface area contributed by atoms with E-state index in [0.29, 0.717) is 5.92 Å². The molecule has 1 aromatic heterocycles. The van der Waals surface area contributed by atoms with Crippen molar-refractivity contribution in [2.45, 2.75) is 38.1 Å². The Morgan fingerprint density at radius 3 is 2.73 bits per heavy atom. The molecule has 4 rings (SSSR count). The highest BCUT2D eigenvalue weighted by molar-refractivity contribution is 5.61. The number of benzene rings is 1. The van der Waals surface area contributed by atoms with Crippen molar-refractivity contribution in [3.63, 3.8) is 0 Å². The Morgan fingerprint density at radius 1 is 1.15 bits per heavy atom. The highest BCUT2D eigenvalue weighted by Crippen LogP contribution is 2.29. The van der Waals surface area contributed by atoms with Crippen LogP contribution < -0.4 is 10.1 Å². The van der Waals surface area contributed by atoms with Gasteiger partial charge in [0.15, 0.2) is 0 Å². The van der Waals surface area contributed by atoms with Crippen LogP contribution in [0.25, 0.3) is 11.3 Å². The first-order valence-electron chi connectivity index (χ1n) is 9.98. The molecule has 140 valence electrons. The molecule has 5 nitrogen and oxygen atoms in total. The minimum Gasteiger partial charge on any atom is -0.497 e. The Morgan fingerprint density at radius 2 is 1.96 bits per heavy atom. The fourth-order valence-electron chi connectivity index (χ4n) is 4.19. The molecule has 0 spiro atoms. The number of hydrogen-bond donors (Lipinski definition) is 1. The summed E-state index contributed by atoms with van der Waals surface area (Å²) in [6.45, 7) is 6.86. The summed E-state index contributed by atoms with van der Waals surface area (Å²) in [7, 11) is 1.72. The van der Waals surface area contributed by atoms with Gasteiger partial charge in [-0.3, -0.25) is 0 Å². The van der Waals surface area contributed by atoms with Crippen LogP contribution in [0.1, 0.15) is 37.4 Å². The Hall–Kier alpha value is -1.85. The van der Waals surface area contributed by atoms with Crippen molar-refractivity contribution >= 4 is 0 Å². The molecule has 0 saturated carbocycles. The van der Waals surface area contributed by atoms with Crippen LogP contribution in [-0.2, 0) is 6.54 Å². The molecule has 2 aliphatic heterocycles. The van der Waals surface area contributed by atoms with Gasteiger partial charge < -0.3 is 19.5 Å². The summed E-state index contributed by atoms with van der Waals surface area (Å²) >= 11 is 0. The van der Waals surface area contributed by atoms with Crippen LogP contribution in [0.2, 0.25) is 0 Å². The lowest BCUT2D eigenvalue weighted by Crippen LogP contribution is -2.29. The molecule has 0 amide bonds. The van der Waals surface area contributed by atoms with E-state index in [0.717, 1.165) is 43.2 Å². The summed E-state index contributed by atoms with van der Waals surface area (Å²) < 4.78 is 7.81. The van der Waals surface area contributed by atoms with E-state index in [2.05, 4.69) is 33.1 Å². The number of aromatic nitrogens is 2. The summed E-state index contributed by atoms with van der Waals surface area (Å²) in [6.07, 6.45) is 7.30. The van der Waals surface area contributed by atoms with E-state index in [9.17, 15) is 0 Å². The van der Waals surface area contributed by atoms with Crippen molar-refractivity contribution in [1.82, 2.24) is 19.8 Å². The zero-order valence-electron chi connectivity index (χ0n) is 15.8. The van der Waals surface area contributed by atoms with Crippen molar-refractivity contribution in [2.75, 3.05) is 39.8 Å². The summed E-state index contributed by atoms with van der Waals surface area (Å²) in [5, 5.41) is 3.47. The van der Waals surface area contributed by atoms with Crippen molar-refractivity contribution in [1.29, 1.82) is 0 Å². The molecule has 2 fully saturated rings. The van der Waals surface area contributed by atoms with Gasteiger partial charge in [-0.25, -0.2) is 4.98 Å². The highest BCUT2D eigenvalue weighted by Gasteiger charge is 2.22. The van der Waals surface area contributed by atoms with E-state index in [1.165, 1.54) is 44.6 Å². The van der Waals surface area contributed by atoms with Gasteiger partial charge in [0.25, 0.3) is 0 Å². The smallest absolute Gasteiger partial charge is 0.119 e. The first-order valence-corrected chi connectivity index (χ1v) is 9.98. The van der Waals surface area contributed by atoms with Gasteiger partial charge in [-0.05, 0) is 64.0 Å². The number of piperidine rings is 1. The number of rotatable bonds is 6. The SMILES string of the molecule is COc1cccc(-c2cn(CCN3CCCC3)c(C3CCNCC3)n2)c1. The van der Waals surface area contributed by atoms with Crippen LogP contribution in [0.15, 0.2) is 30.5 Å². The first-order chi connectivity index (χ1) is 12.8. The average molecular weight is 354 g/mol. The van der Waals surface area contributed by atoms with E-state index in [-0.39, 0.29) is 0 Å². The topological polar surface area (TPSA) is 42.3 Å². The zero-order valence-corrected chi connectivity index (χ0v) is 15.8. The van der Waals surface area contributed by atoms with Crippen LogP contribution in [0.5, 0.6) is 5.75 Å². The van der Waals surface area contributed by atoms with Crippen molar-refractivity contribution in [3.05, 3.63) is 36.3 Å². The second kappa shape index (κ2) is 8.23. The molecule has 0 bridgehead atoms. The van der Waals surface area contributed by atoms with Gasteiger partial charge in [-0.1, -0.05) is 12.1 Å². The molecule has 5 heteroatoms. The lowest BCUT2D eigenvalue weighted by molar-refractivity contribution is 0.316. The molecule has 26 heavy (non-hydrogen) atoms. The maximum absolute atomic E-state index is 5.40. The van der Waals surface area contributed by atoms with Crippen LogP contribution in [0.3, 0.4) is 0 Å². The van der Waals surface area contributed by atoms with Gasteiger partial charge in [-0.2, -0.15) is 0 Å². The highest BCUT2D eigenvalue weighted by atomic mass is 16.5. The Labute approximate surface area is 156 Å².